The van der Waals surface area contributed by atoms with E-state index < -0.39 is 0 Å². The summed E-state index contributed by atoms with van der Waals surface area (Å²) in [6, 6.07) is 21.5. The maximum atomic E-state index is 15.5. The monoisotopic (exact) mass is 590 g/mol. The quantitative estimate of drug-likeness (QED) is 0.128. The van der Waals surface area contributed by atoms with Crippen LogP contribution < -0.4 is 5.32 Å². The van der Waals surface area contributed by atoms with Crippen LogP contribution in [0.4, 0.5) is 4.39 Å². The van der Waals surface area contributed by atoms with Crippen molar-refractivity contribution in [1.82, 2.24) is 10.2 Å². The molecule has 232 valence electrons. The van der Waals surface area contributed by atoms with E-state index in [1.54, 1.807) is 6.07 Å². The highest BCUT2D eigenvalue weighted by molar-refractivity contribution is 6.00. The molecule has 3 aromatic rings. The number of allylic oxidation sites excluding steroid dienone is 3. The van der Waals surface area contributed by atoms with E-state index in [0.29, 0.717) is 0 Å². The molecule has 1 aliphatic rings. The molecule has 0 saturated carbocycles. The zero-order chi connectivity index (χ0) is 31.9. The van der Waals surface area contributed by atoms with Gasteiger partial charge in [0.05, 0.1) is 0 Å². The lowest BCUT2D eigenvalue weighted by molar-refractivity contribution is 0.493. The fourth-order valence-electron chi connectivity index (χ4n) is 5.71. The predicted octanol–water partition coefficient (Wildman–Crippen LogP) is 9.73. The van der Waals surface area contributed by atoms with Crippen molar-refractivity contribution < 1.29 is 4.39 Å². The first-order valence-electron chi connectivity index (χ1n) is 16.1. The Hall–Kier alpha value is -3.69. The summed E-state index contributed by atoms with van der Waals surface area (Å²) in [6.45, 7) is 18.8. The molecular weight excluding hydrogens is 539 g/mol. The van der Waals surface area contributed by atoms with Gasteiger partial charge in [0.1, 0.15) is 5.82 Å². The second-order valence-electron chi connectivity index (χ2n) is 13.5. The number of nitrogens with one attached hydrogen (secondary N) is 1. The molecule has 0 atom stereocenters. The minimum atomic E-state index is -0.135. The van der Waals surface area contributed by atoms with Crippen LogP contribution in [0.25, 0.3) is 11.1 Å². The van der Waals surface area contributed by atoms with Crippen LogP contribution >= 0.6 is 0 Å². The lowest BCUT2D eigenvalue weighted by Crippen LogP contribution is -2.16. The second-order valence-corrected chi connectivity index (χ2v) is 13.5. The minimum Gasteiger partial charge on any atom is -0.378 e. The van der Waals surface area contributed by atoms with Gasteiger partial charge in [-0.05, 0) is 114 Å². The van der Waals surface area contributed by atoms with Crippen molar-refractivity contribution in [3.63, 3.8) is 0 Å². The van der Waals surface area contributed by atoms with E-state index in [4.69, 9.17) is 0 Å². The SMILES string of the molecule is C=C(/C=C/CNCCCc1ccc(C2=C(c3ccc(C)cc3F)CCCc3cc(CC(=C)C(C)(C)C)ccc32)cc1)N(C)C. The number of benzene rings is 3. The van der Waals surface area contributed by atoms with E-state index in [1.165, 1.54) is 33.4 Å². The maximum absolute atomic E-state index is 15.5. The van der Waals surface area contributed by atoms with Crippen molar-refractivity contribution >= 4 is 11.1 Å². The normalized spacial score (nSPS) is 13.6. The highest BCUT2D eigenvalue weighted by Crippen LogP contribution is 2.41. The summed E-state index contributed by atoms with van der Waals surface area (Å²) < 4.78 is 15.5. The molecule has 0 aromatic heterocycles. The molecule has 44 heavy (non-hydrogen) atoms. The van der Waals surface area contributed by atoms with E-state index in [-0.39, 0.29) is 11.2 Å². The van der Waals surface area contributed by atoms with E-state index in [0.717, 1.165) is 79.6 Å². The van der Waals surface area contributed by atoms with Gasteiger partial charge in [-0.25, -0.2) is 4.39 Å². The molecule has 0 saturated heterocycles. The van der Waals surface area contributed by atoms with Crippen molar-refractivity contribution in [1.29, 1.82) is 0 Å². The van der Waals surface area contributed by atoms with Crippen LogP contribution in [0.2, 0.25) is 0 Å². The molecule has 0 amide bonds. The Morgan fingerprint density at radius 2 is 1.64 bits per heavy atom. The highest BCUT2D eigenvalue weighted by atomic mass is 19.1. The summed E-state index contributed by atoms with van der Waals surface area (Å²) in [5.41, 5.74) is 12.6. The Balaban J connectivity index is 1.59. The van der Waals surface area contributed by atoms with Gasteiger partial charge in [-0.1, -0.05) is 100 Å². The second kappa shape index (κ2) is 14.9. The van der Waals surface area contributed by atoms with E-state index in [2.05, 4.69) is 87.8 Å². The third-order valence-corrected chi connectivity index (χ3v) is 8.75. The van der Waals surface area contributed by atoms with Gasteiger partial charge in [0, 0.05) is 31.9 Å². The Labute approximate surface area is 266 Å². The van der Waals surface area contributed by atoms with Crippen molar-refractivity contribution in [3.8, 4) is 0 Å². The summed E-state index contributed by atoms with van der Waals surface area (Å²) in [6.07, 6.45) is 9.94. The number of aryl methyl sites for hydroxylation is 3. The van der Waals surface area contributed by atoms with E-state index in [1.807, 2.05) is 44.1 Å². The van der Waals surface area contributed by atoms with Gasteiger partial charge >= 0.3 is 0 Å². The molecular formula is C41H51FN2. The maximum Gasteiger partial charge on any atom is 0.130 e. The van der Waals surface area contributed by atoms with Crippen molar-refractivity contribution in [2.75, 3.05) is 27.2 Å². The Morgan fingerprint density at radius 3 is 2.32 bits per heavy atom. The molecule has 0 unspecified atom stereocenters. The first kappa shape index (κ1) is 33.2. The zero-order valence-electron chi connectivity index (χ0n) is 27.8. The number of nitrogens with zero attached hydrogens (tertiary/aromatic N) is 1. The third kappa shape index (κ3) is 8.70. The van der Waals surface area contributed by atoms with E-state index >= 15 is 4.39 Å². The molecule has 1 aliphatic carbocycles. The van der Waals surface area contributed by atoms with Crippen molar-refractivity contribution in [3.05, 3.63) is 142 Å². The lowest BCUT2D eigenvalue weighted by atomic mass is 9.82. The molecule has 3 aromatic carbocycles. The fraction of sp³-hybridized carbons (Fsp3) is 0.366. The molecule has 4 rings (SSSR count). The van der Waals surface area contributed by atoms with Crippen LogP contribution in [0, 0.1) is 18.2 Å². The summed E-state index contributed by atoms with van der Waals surface area (Å²) in [4.78, 5) is 2.01. The number of likely N-dealkylation sites (N-methyl/N-ethyl adjacent to an activating group) is 1. The molecule has 3 heteroatoms. The van der Waals surface area contributed by atoms with Crippen LogP contribution in [0.5, 0.6) is 0 Å². The largest absolute Gasteiger partial charge is 0.378 e. The number of hydrogen-bond acceptors (Lipinski definition) is 2. The van der Waals surface area contributed by atoms with Crippen molar-refractivity contribution in [2.24, 2.45) is 5.41 Å². The average Bonchev–Trinajstić information content (AvgIpc) is 3.15. The lowest BCUT2D eigenvalue weighted by Gasteiger charge is -2.23. The number of hydrogen-bond donors (Lipinski definition) is 1. The third-order valence-electron chi connectivity index (χ3n) is 8.75. The van der Waals surface area contributed by atoms with Crippen molar-refractivity contribution in [2.45, 2.75) is 66.2 Å². The smallest absolute Gasteiger partial charge is 0.130 e. The number of rotatable bonds is 12. The standard InChI is InChI=1S/C41H51FN2/c1-29-16-22-37(39(42)26-29)38-15-9-14-35-28-33(27-30(2)41(4,5)6)19-23-36(35)40(38)34-20-17-32(18-21-34)13-11-25-43-24-10-12-31(3)44(7)8/h10,12,16-23,26,28,43H,2-3,9,11,13-15,24-25,27H2,1,4-8H3/b12-10+. The zero-order valence-corrected chi connectivity index (χ0v) is 27.8. The van der Waals surface area contributed by atoms with Crippen LogP contribution in [-0.4, -0.2) is 32.1 Å². The minimum absolute atomic E-state index is 0.0738. The predicted molar refractivity (Wildman–Crippen MR) is 188 cm³/mol. The first-order valence-corrected chi connectivity index (χ1v) is 16.1. The molecule has 1 N–H and O–H groups in total. The van der Waals surface area contributed by atoms with Crippen LogP contribution in [-0.2, 0) is 19.3 Å². The van der Waals surface area contributed by atoms with Gasteiger partial charge in [0.15, 0.2) is 0 Å². The van der Waals surface area contributed by atoms with Crippen LogP contribution in [0.15, 0.2) is 97.2 Å². The first-order chi connectivity index (χ1) is 20.9. The number of fused-ring (bicyclic) bond motifs is 1. The average molecular weight is 591 g/mol. The van der Waals surface area contributed by atoms with Crippen LogP contribution in [0.3, 0.4) is 0 Å². The molecule has 0 spiro atoms. The Kier molecular flexibility index (Phi) is 11.2. The van der Waals surface area contributed by atoms with Gasteiger partial charge in [0.25, 0.3) is 0 Å². The molecule has 0 bridgehead atoms. The Morgan fingerprint density at radius 1 is 0.932 bits per heavy atom. The molecule has 0 fully saturated rings. The van der Waals surface area contributed by atoms with Gasteiger partial charge in [-0.15, -0.1) is 0 Å². The van der Waals surface area contributed by atoms with E-state index in [9.17, 15) is 0 Å². The fourth-order valence-corrected chi connectivity index (χ4v) is 5.71. The van der Waals surface area contributed by atoms with Gasteiger partial charge in [0.2, 0.25) is 0 Å². The van der Waals surface area contributed by atoms with Gasteiger partial charge in [-0.2, -0.15) is 0 Å². The molecule has 2 nitrogen and oxygen atoms in total. The summed E-state index contributed by atoms with van der Waals surface area (Å²) >= 11 is 0. The van der Waals surface area contributed by atoms with Crippen LogP contribution in [0.1, 0.15) is 79.0 Å². The topological polar surface area (TPSA) is 15.3 Å². The van der Waals surface area contributed by atoms with Gasteiger partial charge < -0.3 is 10.2 Å². The molecule has 0 aliphatic heterocycles. The summed E-state index contributed by atoms with van der Waals surface area (Å²) in [7, 11) is 4.00. The molecule has 0 radical (unpaired) electrons. The highest BCUT2D eigenvalue weighted by Gasteiger charge is 2.23. The van der Waals surface area contributed by atoms with Gasteiger partial charge in [-0.3, -0.25) is 0 Å². The molecule has 0 heterocycles. The number of halogens is 1. The Bertz CT molecular complexity index is 1530. The summed E-state index contributed by atoms with van der Waals surface area (Å²) in [5.74, 6) is -0.135. The summed E-state index contributed by atoms with van der Waals surface area (Å²) in [5, 5.41) is 3.49.